The van der Waals surface area contributed by atoms with Crippen LogP contribution in [0.1, 0.15) is 43.3 Å². The summed E-state index contributed by atoms with van der Waals surface area (Å²) in [5.74, 6) is -0.320. The van der Waals surface area contributed by atoms with Crippen LogP contribution < -0.4 is 15.8 Å². The van der Waals surface area contributed by atoms with E-state index in [1.807, 2.05) is 48.7 Å². The van der Waals surface area contributed by atoms with E-state index < -0.39 is 5.91 Å². The molecule has 0 aliphatic carbocycles. The van der Waals surface area contributed by atoms with Crippen LogP contribution in [0, 0.1) is 0 Å². The predicted octanol–water partition coefficient (Wildman–Crippen LogP) is 5.41. The Hall–Kier alpha value is -4.84. The van der Waals surface area contributed by atoms with Gasteiger partial charge in [-0.05, 0) is 47.0 Å². The molecule has 1 unspecified atom stereocenters. The lowest BCUT2D eigenvalue weighted by Gasteiger charge is -2.18. The summed E-state index contributed by atoms with van der Waals surface area (Å²) in [6, 6.07) is 32.5. The van der Waals surface area contributed by atoms with Crippen LogP contribution in [0.2, 0.25) is 0 Å². The summed E-state index contributed by atoms with van der Waals surface area (Å²) in [6.45, 7) is 0.644. The van der Waals surface area contributed by atoms with Crippen LogP contribution in [0.25, 0.3) is 10.9 Å². The van der Waals surface area contributed by atoms with Gasteiger partial charge < -0.3 is 20.8 Å². The molecule has 6 nitrogen and oxygen atoms in total. The fraction of sp³-hybridized carbons (Fsp3) is 0.0968. The van der Waals surface area contributed by atoms with Gasteiger partial charge in [-0.15, -0.1) is 0 Å². The Balaban J connectivity index is 1.31. The van der Waals surface area contributed by atoms with Crippen LogP contribution in [0.5, 0.6) is 5.75 Å². The van der Waals surface area contributed by atoms with E-state index >= 15 is 0 Å². The summed E-state index contributed by atoms with van der Waals surface area (Å²) < 4.78 is 5.83. The van der Waals surface area contributed by atoms with Crippen molar-refractivity contribution < 1.29 is 14.3 Å². The Bertz CT molecular complexity index is 1540. The average Bonchev–Trinajstić information content (AvgIpc) is 3.37. The Labute approximate surface area is 215 Å². The van der Waals surface area contributed by atoms with E-state index in [9.17, 15) is 9.59 Å². The number of primary amides is 1. The van der Waals surface area contributed by atoms with Gasteiger partial charge in [0.15, 0.2) is 0 Å². The molecule has 4 aromatic carbocycles. The van der Waals surface area contributed by atoms with Gasteiger partial charge in [0.1, 0.15) is 12.4 Å². The highest BCUT2D eigenvalue weighted by molar-refractivity contribution is 5.95. The van der Waals surface area contributed by atoms with E-state index in [1.54, 1.807) is 36.4 Å². The number of hydrogen-bond acceptors (Lipinski definition) is 3. The maximum atomic E-state index is 13.2. The second-order valence-corrected chi connectivity index (χ2v) is 8.81. The summed E-state index contributed by atoms with van der Waals surface area (Å²) in [6.07, 6.45) is 2.02. The van der Waals surface area contributed by atoms with Gasteiger partial charge in [0.05, 0.1) is 5.56 Å². The molecule has 184 valence electrons. The minimum absolute atomic E-state index is 0.0156. The van der Waals surface area contributed by atoms with E-state index in [0.29, 0.717) is 23.4 Å². The van der Waals surface area contributed by atoms with Crippen molar-refractivity contribution in [2.45, 2.75) is 12.5 Å². The van der Waals surface area contributed by atoms with Crippen LogP contribution in [0.3, 0.4) is 0 Å². The van der Waals surface area contributed by atoms with E-state index in [0.717, 1.165) is 27.6 Å². The van der Waals surface area contributed by atoms with Crippen LogP contribution in [-0.4, -0.2) is 23.3 Å². The molecule has 4 N–H and O–H groups in total. The number of aromatic nitrogens is 1. The third-order valence-electron chi connectivity index (χ3n) is 6.40. The molecular weight excluding hydrogens is 462 g/mol. The molecule has 0 saturated carbocycles. The van der Waals surface area contributed by atoms with Gasteiger partial charge in [0.2, 0.25) is 0 Å². The van der Waals surface area contributed by atoms with Gasteiger partial charge in [-0.2, -0.15) is 0 Å². The molecule has 0 spiro atoms. The van der Waals surface area contributed by atoms with Crippen LogP contribution in [-0.2, 0) is 6.61 Å². The number of hydrogen-bond donors (Lipinski definition) is 3. The standard InChI is InChI=1S/C31H27N3O3/c32-30(35)25-14-5-7-16-29(25)37-20-21-9-8-12-23(17-21)31(36)34-18-26(22-10-2-1-3-11-22)27-19-33-28-15-6-4-13-24(27)28/h1-17,19,26,33H,18,20H2,(H2,32,35)(H,34,36). The van der Waals surface area contributed by atoms with Crippen molar-refractivity contribution in [2.24, 2.45) is 5.73 Å². The summed E-state index contributed by atoms with van der Waals surface area (Å²) >= 11 is 0. The molecular formula is C31H27N3O3. The number of carbonyl (C=O) groups is 2. The second kappa shape index (κ2) is 10.8. The van der Waals surface area contributed by atoms with Crippen molar-refractivity contribution in [2.75, 3.05) is 6.54 Å². The van der Waals surface area contributed by atoms with Crippen molar-refractivity contribution >= 4 is 22.7 Å². The van der Waals surface area contributed by atoms with Crippen molar-refractivity contribution in [3.63, 3.8) is 0 Å². The highest BCUT2D eigenvalue weighted by Gasteiger charge is 2.19. The van der Waals surface area contributed by atoms with Crippen molar-refractivity contribution in [1.29, 1.82) is 0 Å². The zero-order valence-electron chi connectivity index (χ0n) is 20.2. The monoisotopic (exact) mass is 489 g/mol. The number of rotatable bonds is 9. The lowest BCUT2D eigenvalue weighted by atomic mass is 9.91. The topological polar surface area (TPSA) is 97.2 Å². The summed E-state index contributed by atoms with van der Waals surface area (Å²) in [4.78, 5) is 28.2. The lowest BCUT2D eigenvalue weighted by Crippen LogP contribution is -2.29. The molecule has 5 aromatic rings. The van der Waals surface area contributed by atoms with Crippen LogP contribution in [0.4, 0.5) is 0 Å². The smallest absolute Gasteiger partial charge is 0.252 e. The van der Waals surface area contributed by atoms with Crippen LogP contribution >= 0.6 is 0 Å². The maximum absolute atomic E-state index is 13.2. The molecule has 0 aliphatic rings. The van der Waals surface area contributed by atoms with Gasteiger partial charge in [0.25, 0.3) is 11.8 Å². The number of para-hydroxylation sites is 2. The highest BCUT2D eigenvalue weighted by atomic mass is 16.5. The van der Waals surface area contributed by atoms with Crippen molar-refractivity contribution in [3.05, 3.63) is 137 Å². The Kier molecular flexibility index (Phi) is 6.99. The molecule has 0 radical (unpaired) electrons. The first-order valence-electron chi connectivity index (χ1n) is 12.1. The molecule has 0 bridgehead atoms. The first-order valence-corrected chi connectivity index (χ1v) is 12.1. The van der Waals surface area contributed by atoms with E-state index in [-0.39, 0.29) is 18.4 Å². The molecule has 5 rings (SSSR count). The number of fused-ring (bicyclic) bond motifs is 1. The Morgan fingerprint density at radius 3 is 2.46 bits per heavy atom. The quantitative estimate of drug-likeness (QED) is 0.258. The predicted molar refractivity (Wildman–Crippen MR) is 145 cm³/mol. The summed E-state index contributed by atoms with van der Waals surface area (Å²) in [5.41, 5.74) is 10.4. The van der Waals surface area contributed by atoms with Gasteiger partial charge in [-0.1, -0.05) is 72.8 Å². The largest absolute Gasteiger partial charge is 0.488 e. The summed E-state index contributed by atoms with van der Waals surface area (Å²) in [5, 5.41) is 4.26. The number of ether oxygens (including phenoxy) is 1. The number of nitrogens with one attached hydrogen (secondary N) is 2. The molecule has 1 atom stereocenters. The molecule has 0 saturated heterocycles. The normalized spacial score (nSPS) is 11.7. The highest BCUT2D eigenvalue weighted by Crippen LogP contribution is 2.30. The number of benzene rings is 4. The van der Waals surface area contributed by atoms with Crippen LogP contribution in [0.15, 0.2) is 109 Å². The number of aromatic amines is 1. The number of H-pyrrole nitrogens is 1. The zero-order valence-corrected chi connectivity index (χ0v) is 20.2. The second-order valence-electron chi connectivity index (χ2n) is 8.81. The third kappa shape index (κ3) is 5.38. The third-order valence-corrected chi connectivity index (χ3v) is 6.40. The number of nitrogens with two attached hydrogens (primary N) is 1. The molecule has 1 aromatic heterocycles. The SMILES string of the molecule is NC(=O)c1ccccc1OCc1cccc(C(=O)NCC(c2ccccc2)c2c[nH]c3ccccc23)c1. The minimum Gasteiger partial charge on any atom is -0.488 e. The lowest BCUT2D eigenvalue weighted by molar-refractivity contribution is 0.0951. The van der Waals surface area contributed by atoms with Gasteiger partial charge in [-0.3, -0.25) is 9.59 Å². The Morgan fingerprint density at radius 2 is 1.62 bits per heavy atom. The van der Waals surface area contributed by atoms with Gasteiger partial charge in [-0.25, -0.2) is 0 Å². The van der Waals surface area contributed by atoms with Gasteiger partial charge in [0, 0.05) is 35.1 Å². The maximum Gasteiger partial charge on any atom is 0.252 e. The first-order chi connectivity index (χ1) is 18.1. The fourth-order valence-electron chi connectivity index (χ4n) is 4.53. The average molecular weight is 490 g/mol. The zero-order chi connectivity index (χ0) is 25.6. The molecule has 37 heavy (non-hydrogen) atoms. The molecule has 2 amide bonds. The molecule has 6 heteroatoms. The Morgan fingerprint density at radius 1 is 0.865 bits per heavy atom. The van der Waals surface area contributed by atoms with Crippen molar-refractivity contribution in [3.8, 4) is 5.75 Å². The first kappa shape index (κ1) is 23.9. The number of amides is 2. The minimum atomic E-state index is -0.549. The number of carbonyl (C=O) groups excluding carboxylic acids is 2. The summed E-state index contributed by atoms with van der Waals surface area (Å²) in [7, 11) is 0. The molecule has 1 heterocycles. The van der Waals surface area contributed by atoms with E-state index in [2.05, 4.69) is 34.6 Å². The van der Waals surface area contributed by atoms with E-state index in [4.69, 9.17) is 10.5 Å². The van der Waals surface area contributed by atoms with Gasteiger partial charge >= 0.3 is 0 Å². The fourth-order valence-corrected chi connectivity index (χ4v) is 4.53. The van der Waals surface area contributed by atoms with E-state index in [1.165, 1.54) is 0 Å². The van der Waals surface area contributed by atoms with Crippen molar-refractivity contribution in [1.82, 2.24) is 10.3 Å². The molecule has 0 aliphatic heterocycles. The molecule has 0 fully saturated rings.